The summed E-state index contributed by atoms with van der Waals surface area (Å²) in [4.78, 5) is 16.9. The first-order chi connectivity index (χ1) is 10.8. The van der Waals surface area contributed by atoms with Crippen LogP contribution in [0.5, 0.6) is 0 Å². The molecule has 6 nitrogen and oxygen atoms in total. The second kappa shape index (κ2) is 11.9. The fourth-order valence-electron chi connectivity index (χ4n) is 1.64. The van der Waals surface area contributed by atoms with Gasteiger partial charge in [-0.2, -0.15) is 0 Å². The lowest BCUT2D eigenvalue weighted by Crippen LogP contribution is -2.38. The summed E-state index contributed by atoms with van der Waals surface area (Å²) in [7, 11) is 1.73. The zero-order chi connectivity index (χ0) is 17.3. The summed E-state index contributed by atoms with van der Waals surface area (Å²) in [5, 5.41) is 9.18. The molecule has 0 saturated heterocycles. The van der Waals surface area contributed by atoms with Crippen LogP contribution in [0.25, 0.3) is 0 Å². The highest BCUT2D eigenvalue weighted by atomic mass is 127. The molecule has 0 atom stereocenters. The maximum Gasteiger partial charge on any atom is 0.407 e. The molecule has 0 aliphatic rings. The molecule has 1 rings (SSSR count). The average molecular weight is 533 g/mol. The van der Waals surface area contributed by atoms with Crippen molar-refractivity contribution in [1.82, 2.24) is 16.0 Å². The predicted molar refractivity (Wildman–Crippen MR) is 114 cm³/mol. The minimum Gasteiger partial charge on any atom is -0.444 e. The van der Waals surface area contributed by atoms with Crippen LogP contribution in [0, 0.1) is 0 Å². The molecule has 24 heavy (non-hydrogen) atoms. The van der Waals surface area contributed by atoms with Crippen molar-refractivity contribution < 1.29 is 9.53 Å². The number of thiophene rings is 1. The van der Waals surface area contributed by atoms with Crippen molar-refractivity contribution in [3.8, 4) is 0 Å². The van der Waals surface area contributed by atoms with E-state index >= 15 is 0 Å². The van der Waals surface area contributed by atoms with Crippen molar-refractivity contribution in [3.05, 3.63) is 20.8 Å². The van der Waals surface area contributed by atoms with Crippen molar-refractivity contribution in [2.45, 2.75) is 39.3 Å². The minimum absolute atomic E-state index is 0. The van der Waals surface area contributed by atoms with Crippen molar-refractivity contribution in [3.63, 3.8) is 0 Å². The summed E-state index contributed by atoms with van der Waals surface area (Å²) in [5.41, 5.74) is -0.467. The highest BCUT2D eigenvalue weighted by Gasteiger charge is 2.15. The van der Waals surface area contributed by atoms with Crippen LogP contribution in [-0.2, 0) is 11.3 Å². The van der Waals surface area contributed by atoms with Gasteiger partial charge in [-0.15, -0.1) is 35.3 Å². The number of hydrogen-bond acceptors (Lipinski definition) is 4. The highest BCUT2D eigenvalue weighted by Crippen LogP contribution is 2.21. The Kier molecular flexibility index (Phi) is 11.6. The van der Waals surface area contributed by atoms with Gasteiger partial charge in [0.2, 0.25) is 0 Å². The van der Waals surface area contributed by atoms with E-state index in [4.69, 9.17) is 4.74 Å². The van der Waals surface area contributed by atoms with Crippen molar-refractivity contribution in [2.75, 3.05) is 20.1 Å². The van der Waals surface area contributed by atoms with E-state index in [0.717, 1.165) is 22.7 Å². The van der Waals surface area contributed by atoms with Gasteiger partial charge in [-0.3, -0.25) is 4.99 Å². The van der Waals surface area contributed by atoms with E-state index < -0.39 is 5.60 Å². The predicted octanol–water partition coefficient (Wildman–Crippen LogP) is 3.71. The summed E-state index contributed by atoms with van der Waals surface area (Å²) in [6.45, 7) is 7.52. The Balaban J connectivity index is 0.00000529. The second-order valence-electron chi connectivity index (χ2n) is 5.84. The molecule has 0 aromatic carbocycles. The number of nitrogens with one attached hydrogen (secondary N) is 3. The molecular formula is C15H26BrIN4O2S. The molecule has 9 heteroatoms. The Morgan fingerprint density at radius 1 is 1.25 bits per heavy atom. The largest absolute Gasteiger partial charge is 0.444 e. The number of alkyl carbamates (subject to hydrolysis) is 1. The quantitative estimate of drug-likeness (QED) is 0.226. The molecule has 0 fully saturated rings. The van der Waals surface area contributed by atoms with Crippen LogP contribution in [-0.4, -0.2) is 37.8 Å². The zero-order valence-electron chi connectivity index (χ0n) is 14.4. The number of rotatable bonds is 6. The van der Waals surface area contributed by atoms with Gasteiger partial charge in [0, 0.05) is 25.0 Å². The molecule has 0 aliphatic carbocycles. The number of hydrogen-bond donors (Lipinski definition) is 3. The van der Waals surface area contributed by atoms with Gasteiger partial charge >= 0.3 is 6.09 Å². The Hall–Kier alpha value is -0.550. The van der Waals surface area contributed by atoms with Crippen LogP contribution in [0.3, 0.4) is 0 Å². The molecule has 0 bridgehead atoms. The summed E-state index contributed by atoms with van der Waals surface area (Å²) in [6.07, 6.45) is 0.396. The lowest BCUT2D eigenvalue weighted by Gasteiger charge is -2.19. The first-order valence-electron chi connectivity index (χ1n) is 7.46. The molecule has 0 aliphatic heterocycles. The number of guanidine groups is 1. The molecule has 138 valence electrons. The fourth-order valence-corrected chi connectivity index (χ4v) is 3.06. The van der Waals surface area contributed by atoms with Crippen molar-refractivity contribution in [1.29, 1.82) is 0 Å². The van der Waals surface area contributed by atoms with E-state index in [0.29, 0.717) is 13.1 Å². The number of ether oxygens (including phenoxy) is 1. The van der Waals surface area contributed by atoms with E-state index in [2.05, 4.69) is 42.9 Å². The number of aliphatic imine (C=N–C) groups is 1. The van der Waals surface area contributed by atoms with Crippen LogP contribution >= 0.6 is 51.2 Å². The van der Waals surface area contributed by atoms with Crippen molar-refractivity contribution in [2.24, 2.45) is 4.99 Å². The second-order valence-corrected chi connectivity index (χ2v) is 8.39. The van der Waals surface area contributed by atoms with Gasteiger partial charge in [-0.25, -0.2) is 4.79 Å². The maximum absolute atomic E-state index is 11.5. The molecule has 0 spiro atoms. The van der Waals surface area contributed by atoms with Crippen LogP contribution in [0.1, 0.15) is 32.1 Å². The van der Waals surface area contributed by atoms with Gasteiger partial charge in [0.25, 0.3) is 0 Å². The summed E-state index contributed by atoms with van der Waals surface area (Å²) in [6, 6.07) is 4.10. The minimum atomic E-state index is -0.467. The molecular weight excluding hydrogens is 507 g/mol. The monoisotopic (exact) mass is 532 g/mol. The molecule has 0 unspecified atom stereocenters. The van der Waals surface area contributed by atoms with E-state index in [1.54, 1.807) is 18.4 Å². The smallest absolute Gasteiger partial charge is 0.407 e. The lowest BCUT2D eigenvalue weighted by molar-refractivity contribution is 0.0527. The summed E-state index contributed by atoms with van der Waals surface area (Å²) >= 11 is 5.14. The third kappa shape index (κ3) is 11.1. The Labute approximate surface area is 173 Å². The van der Waals surface area contributed by atoms with Gasteiger partial charge in [0.15, 0.2) is 5.96 Å². The van der Waals surface area contributed by atoms with Crippen LogP contribution in [0.15, 0.2) is 20.9 Å². The third-order valence-electron chi connectivity index (χ3n) is 2.60. The molecule has 0 saturated carbocycles. The molecule has 1 aromatic rings. The first-order valence-corrected chi connectivity index (χ1v) is 9.06. The molecule has 1 heterocycles. The van der Waals surface area contributed by atoms with E-state index in [-0.39, 0.29) is 30.1 Å². The first kappa shape index (κ1) is 23.4. The van der Waals surface area contributed by atoms with Gasteiger partial charge in [0.05, 0.1) is 10.3 Å². The van der Waals surface area contributed by atoms with Crippen LogP contribution in [0.4, 0.5) is 4.79 Å². The maximum atomic E-state index is 11.5. The van der Waals surface area contributed by atoms with Gasteiger partial charge in [0.1, 0.15) is 5.60 Å². The number of halogens is 2. The van der Waals surface area contributed by atoms with Crippen LogP contribution < -0.4 is 16.0 Å². The topological polar surface area (TPSA) is 74.8 Å². The van der Waals surface area contributed by atoms with E-state index in [9.17, 15) is 4.79 Å². The summed E-state index contributed by atoms with van der Waals surface area (Å²) in [5.74, 6) is 0.742. The van der Waals surface area contributed by atoms with Crippen LogP contribution in [0.2, 0.25) is 0 Å². The summed E-state index contributed by atoms with van der Waals surface area (Å²) < 4.78 is 6.28. The van der Waals surface area contributed by atoms with E-state index in [1.165, 1.54) is 4.88 Å². The normalized spacial score (nSPS) is 11.5. The van der Waals surface area contributed by atoms with E-state index in [1.807, 2.05) is 26.8 Å². The third-order valence-corrected chi connectivity index (χ3v) is 4.22. The lowest BCUT2D eigenvalue weighted by atomic mass is 10.2. The van der Waals surface area contributed by atoms with Crippen molar-refractivity contribution >= 4 is 63.3 Å². The number of carbonyl (C=O) groups is 1. The van der Waals surface area contributed by atoms with Gasteiger partial charge in [-0.05, 0) is 55.3 Å². The molecule has 1 aromatic heterocycles. The Bertz CT molecular complexity index is 532. The highest BCUT2D eigenvalue weighted by molar-refractivity contribution is 14.0. The SMILES string of the molecule is CN=C(NCCCNC(=O)OC(C)(C)C)NCc1ccc(Br)s1.I. The standard InChI is InChI=1S/C15H25BrN4O2S.HI/c1-15(2,3)22-14(21)19-9-5-8-18-13(17-4)20-10-11-6-7-12(16)23-11;/h6-7H,5,8-10H2,1-4H3,(H,19,21)(H2,17,18,20);1H. The number of nitrogens with zero attached hydrogens (tertiary/aromatic N) is 1. The van der Waals surface area contributed by atoms with Gasteiger partial charge in [-0.1, -0.05) is 0 Å². The molecule has 1 amide bonds. The fraction of sp³-hybridized carbons (Fsp3) is 0.600. The Morgan fingerprint density at radius 3 is 2.46 bits per heavy atom. The Morgan fingerprint density at radius 2 is 1.92 bits per heavy atom. The number of amides is 1. The molecule has 0 radical (unpaired) electrons. The molecule has 3 N–H and O–H groups in total. The van der Waals surface area contributed by atoms with Gasteiger partial charge < -0.3 is 20.7 Å². The average Bonchev–Trinajstić information content (AvgIpc) is 2.85. The number of carbonyl (C=O) groups excluding carboxylic acids is 1. The zero-order valence-corrected chi connectivity index (χ0v) is 19.2.